The van der Waals surface area contributed by atoms with Crippen LogP contribution in [0.4, 0.5) is 5.69 Å². The molecule has 5 saturated heterocycles. The molecule has 0 radical (unpaired) electrons. The fourth-order valence-electron chi connectivity index (χ4n) is 6.98. The number of halogens is 4. The average Bonchev–Trinajstić information content (AvgIpc) is 0.994. The molecule has 0 bridgehead atoms. The van der Waals surface area contributed by atoms with Crippen molar-refractivity contribution in [2.75, 3.05) is 38.4 Å². The van der Waals surface area contributed by atoms with E-state index < -0.39 is 98.8 Å². The number of hydrogen-bond donors (Lipinski definition) is 3. The van der Waals surface area contributed by atoms with Gasteiger partial charge in [-0.1, -0.05) is 118 Å². The van der Waals surface area contributed by atoms with Crippen LogP contribution in [0.15, 0.2) is 65.4 Å². The maximum Gasteiger partial charge on any atom is 0.363 e. The topological polar surface area (TPSA) is 440 Å². The van der Waals surface area contributed by atoms with E-state index in [0.717, 1.165) is 18.2 Å². The van der Waals surface area contributed by atoms with Crippen molar-refractivity contribution in [3.8, 4) is 0 Å². The zero-order valence-corrected chi connectivity index (χ0v) is 59.9. The van der Waals surface area contributed by atoms with Gasteiger partial charge in [-0.05, 0) is 67.2 Å². The van der Waals surface area contributed by atoms with Crippen LogP contribution in [0, 0.1) is 0 Å². The number of hydrogen-bond acceptors (Lipinski definition) is 25. The minimum absolute atomic E-state index is 0. The molecule has 38 heteroatoms. The lowest BCUT2D eigenvalue weighted by atomic mass is 10.2. The van der Waals surface area contributed by atoms with Crippen molar-refractivity contribution < 1.29 is 119 Å². The van der Waals surface area contributed by atoms with Crippen molar-refractivity contribution in [1.82, 2.24) is 35.9 Å². The number of carbonyl (C=O) groups is 18. The molecule has 528 valence electrons. The molecule has 3 N–H and O–H groups in total. The summed E-state index contributed by atoms with van der Waals surface area (Å²) in [6.07, 6.45) is 3.02. The molecule has 0 spiro atoms. The molecule has 0 unspecified atom stereocenters. The van der Waals surface area contributed by atoms with Gasteiger partial charge in [0.05, 0.1) is 36.6 Å². The van der Waals surface area contributed by atoms with Crippen molar-refractivity contribution in [3.63, 3.8) is 0 Å². The van der Waals surface area contributed by atoms with E-state index in [2.05, 4.69) is 64.1 Å². The molecule has 0 aromatic heterocycles. The molecule has 13 amide bonds. The van der Waals surface area contributed by atoms with Crippen LogP contribution in [0.2, 0.25) is 0 Å². The second-order valence-corrected chi connectivity index (χ2v) is 22.4. The average molecular weight is 1730 g/mol. The lowest BCUT2D eigenvalue weighted by molar-refractivity contribution is -0.197. The van der Waals surface area contributed by atoms with E-state index in [4.69, 9.17) is 14.5 Å². The first-order valence-corrected chi connectivity index (χ1v) is 35.7. The van der Waals surface area contributed by atoms with Crippen LogP contribution >= 0.6 is 77.0 Å². The zero-order valence-electron chi connectivity index (χ0n) is 51.6. The van der Waals surface area contributed by atoms with Crippen molar-refractivity contribution in [1.29, 1.82) is 0 Å². The predicted molar refractivity (Wildman–Crippen MR) is 357 cm³/mol. The van der Waals surface area contributed by atoms with Crippen LogP contribution in [0.5, 0.6) is 0 Å². The number of unbranched alkanes of at least 4 members (excludes halogenated alkanes) is 2. The maximum atomic E-state index is 11.8. The van der Waals surface area contributed by atoms with Crippen LogP contribution in [0.25, 0.3) is 0 Å². The Morgan fingerprint density at radius 3 is 1.14 bits per heavy atom. The smallest absolute Gasteiger partial charge is 0.355 e. The van der Waals surface area contributed by atoms with Gasteiger partial charge in [0.15, 0.2) is 9.84 Å². The summed E-state index contributed by atoms with van der Waals surface area (Å²) in [5.41, 5.74) is 0.738. The third kappa shape index (κ3) is 31.3. The number of anilines is 1. The summed E-state index contributed by atoms with van der Waals surface area (Å²) >= 11 is 9.80. The number of rotatable bonds is 23. The Hall–Kier alpha value is -7.99. The minimum atomic E-state index is -3.59. The quantitative estimate of drug-likeness (QED) is 0.0571. The largest absolute Gasteiger partial charge is 0.363 e. The van der Waals surface area contributed by atoms with E-state index in [1.165, 1.54) is 48.5 Å². The van der Waals surface area contributed by atoms with E-state index in [0.29, 0.717) is 52.8 Å². The van der Waals surface area contributed by atoms with Crippen molar-refractivity contribution in [2.24, 2.45) is 0 Å². The van der Waals surface area contributed by atoms with Gasteiger partial charge < -0.3 is 40.1 Å². The Labute approximate surface area is 595 Å². The molecule has 5 fully saturated rings. The second kappa shape index (κ2) is 47.0. The van der Waals surface area contributed by atoms with Gasteiger partial charge >= 0.3 is 29.8 Å². The first-order valence-electron chi connectivity index (χ1n) is 28.4. The molecule has 5 heterocycles. The third-order valence-corrected chi connectivity index (χ3v) is 14.9. The van der Waals surface area contributed by atoms with Gasteiger partial charge in [-0.15, -0.1) is 25.3 Å². The first-order chi connectivity index (χ1) is 45.1. The second-order valence-electron chi connectivity index (χ2n) is 18.4. The maximum absolute atomic E-state index is 11.8. The summed E-state index contributed by atoms with van der Waals surface area (Å²) in [5, 5.41) is 11.2. The van der Waals surface area contributed by atoms with E-state index >= 15 is 0 Å². The van der Waals surface area contributed by atoms with Crippen molar-refractivity contribution in [2.45, 2.75) is 136 Å². The van der Waals surface area contributed by atoms with Gasteiger partial charge in [0.2, 0.25) is 17.7 Å². The standard InChI is InChI=1S/C13H11IN2O5.C13H11NO6S.C12H17IN2O5.C9H11BrN2O5.C7H9NO4.C2H6.CH3Br.CH4/c14-7-10(17)15-9-3-1-8(2-4-9)13(20)21-16-11(18)5-6-12(16)19;1-2-21(18,19)10-5-3-9(4-6-10)13(17)20-14-11(15)7-8-12(14)16;13-8-9(16)14-7-3-1-2-4-12(19)20-15-10(17)5-6-11(15)18;10-5-6(13)11-4-3-9(16)17-12-7(14)1-2-8(12)15;1-2-7(11)12-8-5(9)3-4-6(8)10;2*1-2;/h1-4H,5-7H2,(H,15,17);2-6H,1,7-8H2;1-8H2,(H,14,16);1-5H2,(H,11,13);2-4H2,1H3;1-2H3;1H3;1H4. The Morgan fingerprint density at radius 2 is 0.802 bits per heavy atom. The number of nitrogens with zero attached hydrogens (tertiary/aromatic N) is 5. The lowest BCUT2D eigenvalue weighted by Crippen LogP contribution is -2.34. The van der Waals surface area contributed by atoms with Crippen LogP contribution < -0.4 is 16.0 Å². The molecule has 5 aliphatic heterocycles. The Morgan fingerprint density at radius 1 is 0.479 bits per heavy atom. The molecular formula is C58H72Br2I2N8O25S. The number of alkyl halides is 4. The van der Waals surface area contributed by atoms with E-state index in [-0.39, 0.29) is 137 Å². The van der Waals surface area contributed by atoms with Gasteiger partial charge in [0.1, 0.15) is 0 Å². The number of sulfone groups is 1. The molecule has 96 heavy (non-hydrogen) atoms. The SMILES string of the molecule is C.C=CS(=O)(=O)c1ccc(C(=O)ON2C(=O)CCC2=O)cc1.CBr.CC.CCC(=O)ON1C(=O)CCC1=O.O=C(CBr)NCCC(=O)ON1C(=O)CCC1=O.O=C(CI)NCCCCCC(=O)ON1C(=O)CCC1=O.O=C(CI)Nc1ccc(C(=O)ON2C(=O)CCC2=O)cc1. The lowest BCUT2D eigenvalue weighted by Gasteiger charge is -2.12. The highest BCUT2D eigenvalue weighted by Gasteiger charge is 2.37. The molecule has 2 aromatic carbocycles. The van der Waals surface area contributed by atoms with Gasteiger partial charge in [0, 0.05) is 101 Å². The molecule has 2 aromatic rings. The molecule has 0 atom stereocenters. The van der Waals surface area contributed by atoms with Gasteiger partial charge in [0.25, 0.3) is 59.1 Å². The van der Waals surface area contributed by atoms with Crippen LogP contribution in [-0.4, -0.2) is 173 Å². The number of amides is 13. The molecule has 0 aliphatic carbocycles. The molecule has 7 rings (SSSR count). The highest BCUT2D eigenvalue weighted by Crippen LogP contribution is 2.20. The fraction of sp³-hybridized carbons (Fsp3) is 0.448. The Balaban J connectivity index is 0.00000117. The van der Waals surface area contributed by atoms with E-state index in [9.17, 15) is 94.7 Å². The van der Waals surface area contributed by atoms with Crippen LogP contribution in [-0.2, 0) is 111 Å². The van der Waals surface area contributed by atoms with Crippen LogP contribution in [0.3, 0.4) is 0 Å². The Kier molecular flexibility index (Phi) is 43.1. The minimum Gasteiger partial charge on any atom is -0.355 e. The summed E-state index contributed by atoms with van der Waals surface area (Å²) in [6, 6.07) is 10.8. The monoisotopic (exact) mass is 1720 g/mol. The van der Waals surface area contributed by atoms with Gasteiger partial charge in [-0.3, -0.25) is 62.3 Å². The number of imide groups is 5. The normalized spacial score (nSPS) is 14.4. The molecule has 0 saturated carbocycles. The number of hydroxylamine groups is 10. The summed E-state index contributed by atoms with van der Waals surface area (Å²) < 4.78 is 23.8. The van der Waals surface area contributed by atoms with Crippen molar-refractivity contribution in [3.05, 3.63) is 71.6 Å². The van der Waals surface area contributed by atoms with E-state index in [1.807, 2.05) is 64.9 Å². The highest BCUT2D eigenvalue weighted by molar-refractivity contribution is 14.1. The summed E-state index contributed by atoms with van der Waals surface area (Å²) in [7, 11) is -3.59. The summed E-state index contributed by atoms with van der Waals surface area (Å²) in [4.78, 5) is 225. The number of nitrogens with one attached hydrogen (secondary N) is 3. The van der Waals surface area contributed by atoms with Gasteiger partial charge in [-0.2, -0.15) is 0 Å². The summed E-state index contributed by atoms with van der Waals surface area (Å²) in [5.74, 6) is -7.29. The van der Waals surface area contributed by atoms with E-state index in [1.54, 1.807) is 6.92 Å². The molecular weight excluding hydrogens is 1650 g/mol. The van der Waals surface area contributed by atoms with Crippen molar-refractivity contribution >= 4 is 199 Å². The zero-order chi connectivity index (χ0) is 72.0. The number of carbonyl (C=O) groups excluding carboxylic acids is 18. The fourth-order valence-corrected chi connectivity index (χ4v) is 8.35. The molecule has 5 aliphatic rings. The Bertz CT molecular complexity index is 3210. The highest BCUT2D eigenvalue weighted by atomic mass is 127. The molecule has 33 nitrogen and oxygen atoms in total. The van der Waals surface area contributed by atoms with Crippen LogP contribution in [0.1, 0.15) is 152 Å². The van der Waals surface area contributed by atoms with Gasteiger partial charge in [-0.25, -0.2) is 32.4 Å². The first kappa shape index (κ1) is 88.0. The third-order valence-electron chi connectivity index (χ3n) is 11.7. The predicted octanol–water partition coefficient (Wildman–Crippen LogP) is 4.98. The summed E-state index contributed by atoms with van der Waals surface area (Å²) in [6.45, 7) is 9.46. The number of benzene rings is 2.